The van der Waals surface area contributed by atoms with E-state index in [9.17, 15) is 39.6 Å². The van der Waals surface area contributed by atoms with E-state index in [0.29, 0.717) is 17.7 Å². The smallest absolute Gasteiger partial charge is 0.311 e. The summed E-state index contributed by atoms with van der Waals surface area (Å²) in [4.78, 5) is 57.0. The SMILES string of the molecule is CO[C@]1(C)C[C@H](O[C@H]2[C@H](C)[C@@H](O[C@@H]3O[C@H](C)C[C@H](N(C)C)[C@H]3OC(C)=O)[C@](C)(O)C[C@@H](C)C(=O)[C@H](C)[C@@H](O)[C@](C)(O)[C@@H](CCNC(=O)Cc3cccc(-c4ccco4)c3)OC(=O)[C@@H]2C)O[C@@H](C)[C@@H]1O. The van der Waals surface area contributed by atoms with Crippen molar-refractivity contribution in [2.75, 3.05) is 27.7 Å². The number of hydrogen-bond acceptors (Lipinski definition) is 17. The molecule has 18 heteroatoms. The van der Waals surface area contributed by atoms with Crippen LogP contribution in [0.4, 0.5) is 0 Å². The first-order valence-corrected chi connectivity index (χ1v) is 24.2. The number of likely N-dealkylation sites (N-methyl/N-ethyl adjacent to an activating group) is 1. The molecule has 18 atom stereocenters. The lowest BCUT2D eigenvalue weighted by Crippen LogP contribution is -2.61. The predicted molar refractivity (Wildman–Crippen MR) is 251 cm³/mol. The van der Waals surface area contributed by atoms with Gasteiger partial charge in [-0.15, -0.1) is 0 Å². The molecular weight excluding hydrogens is 897 g/mol. The van der Waals surface area contributed by atoms with Gasteiger partial charge in [-0.25, -0.2) is 0 Å². The summed E-state index contributed by atoms with van der Waals surface area (Å²) < 4.78 is 49.5. The molecule has 3 fully saturated rings. The summed E-state index contributed by atoms with van der Waals surface area (Å²) in [5.74, 6) is -6.06. The van der Waals surface area contributed by atoms with Crippen molar-refractivity contribution in [1.29, 1.82) is 0 Å². The number of esters is 2. The third kappa shape index (κ3) is 13.4. The average molecular weight is 975 g/mol. The summed E-state index contributed by atoms with van der Waals surface area (Å²) in [6.45, 7) is 15.5. The first kappa shape index (κ1) is 56.1. The average Bonchev–Trinajstić information content (AvgIpc) is 3.83. The van der Waals surface area contributed by atoms with E-state index in [0.717, 1.165) is 5.56 Å². The Kier molecular flexibility index (Phi) is 18.8. The molecule has 69 heavy (non-hydrogen) atoms. The number of furan rings is 1. The minimum Gasteiger partial charge on any atom is -0.464 e. The summed E-state index contributed by atoms with van der Waals surface area (Å²) in [5, 5.41) is 50.8. The number of cyclic esters (lactones) is 1. The number of ketones is 1. The first-order valence-electron chi connectivity index (χ1n) is 24.2. The minimum atomic E-state index is -2.24. The van der Waals surface area contributed by atoms with Gasteiger partial charge in [-0.1, -0.05) is 39.0 Å². The highest BCUT2D eigenvalue weighted by Crippen LogP contribution is 2.41. The van der Waals surface area contributed by atoms with Gasteiger partial charge in [0.15, 0.2) is 18.7 Å². The normalized spacial score (nSPS) is 39.6. The highest BCUT2D eigenvalue weighted by Gasteiger charge is 2.54. The van der Waals surface area contributed by atoms with Crippen LogP contribution in [-0.2, 0) is 58.8 Å². The van der Waals surface area contributed by atoms with Crippen molar-refractivity contribution < 1.29 is 77.2 Å². The summed E-state index contributed by atoms with van der Waals surface area (Å²) in [6.07, 6.45) is -9.67. The number of rotatable bonds is 13. The van der Waals surface area contributed by atoms with Gasteiger partial charge in [0.1, 0.15) is 29.4 Å². The molecule has 1 amide bonds. The second-order valence-corrected chi connectivity index (χ2v) is 20.6. The summed E-state index contributed by atoms with van der Waals surface area (Å²) in [7, 11) is 5.14. The van der Waals surface area contributed by atoms with Gasteiger partial charge in [0.2, 0.25) is 5.91 Å². The second-order valence-electron chi connectivity index (χ2n) is 20.6. The van der Waals surface area contributed by atoms with Crippen molar-refractivity contribution in [3.8, 4) is 11.3 Å². The first-order chi connectivity index (χ1) is 32.2. The van der Waals surface area contributed by atoms with Crippen LogP contribution < -0.4 is 5.32 Å². The number of carbonyl (C=O) groups excluding carboxylic acids is 4. The molecule has 0 radical (unpaired) electrons. The minimum absolute atomic E-state index is 0.00559. The Morgan fingerprint density at radius 2 is 1.59 bits per heavy atom. The fourth-order valence-corrected chi connectivity index (χ4v) is 10.4. The molecule has 388 valence electrons. The van der Waals surface area contributed by atoms with E-state index in [1.54, 1.807) is 53.0 Å². The molecule has 3 aliphatic heterocycles. The van der Waals surface area contributed by atoms with Crippen LogP contribution in [0.15, 0.2) is 47.1 Å². The molecule has 4 heterocycles. The number of methoxy groups -OCH3 is 1. The Hall–Kier alpha value is -3.82. The van der Waals surface area contributed by atoms with Gasteiger partial charge < -0.3 is 68.2 Å². The molecular formula is C51H78N2O16. The second kappa shape index (κ2) is 23.2. The molecule has 3 saturated heterocycles. The fraction of sp³-hybridized carbons (Fsp3) is 0.725. The van der Waals surface area contributed by atoms with Crippen molar-refractivity contribution in [3.05, 3.63) is 48.2 Å². The molecule has 3 aliphatic rings. The molecule has 0 aliphatic carbocycles. The highest BCUT2D eigenvalue weighted by molar-refractivity contribution is 5.83. The summed E-state index contributed by atoms with van der Waals surface area (Å²) in [6, 6.07) is 10.5. The molecule has 0 bridgehead atoms. The number of hydrogen-bond donors (Lipinski definition) is 5. The third-order valence-corrected chi connectivity index (χ3v) is 14.6. The number of benzene rings is 1. The number of ether oxygens (including phenoxy) is 7. The zero-order valence-electron chi connectivity index (χ0n) is 42.6. The van der Waals surface area contributed by atoms with Gasteiger partial charge in [-0.3, -0.25) is 19.2 Å². The lowest BCUT2D eigenvalue weighted by Gasteiger charge is -2.49. The van der Waals surface area contributed by atoms with Crippen LogP contribution >= 0.6 is 0 Å². The van der Waals surface area contributed by atoms with Gasteiger partial charge in [-0.2, -0.15) is 0 Å². The maximum Gasteiger partial charge on any atom is 0.311 e. The number of aliphatic hydroxyl groups excluding tert-OH is 2. The molecule has 5 N–H and O–H groups in total. The van der Waals surface area contributed by atoms with E-state index >= 15 is 0 Å². The molecule has 0 saturated carbocycles. The Morgan fingerprint density at radius 1 is 0.899 bits per heavy atom. The maximum absolute atomic E-state index is 14.8. The van der Waals surface area contributed by atoms with Crippen molar-refractivity contribution in [2.24, 2.45) is 23.7 Å². The number of nitrogens with one attached hydrogen (secondary N) is 1. The van der Waals surface area contributed by atoms with Crippen molar-refractivity contribution in [2.45, 2.75) is 186 Å². The number of Topliss-reactive ketones (excluding diaryl/α,β-unsaturated/α-hetero) is 1. The number of carbonyl (C=O) groups is 4. The topological polar surface area (TPSA) is 242 Å². The van der Waals surface area contributed by atoms with Crippen LogP contribution in [0.5, 0.6) is 0 Å². The van der Waals surface area contributed by atoms with E-state index < -0.39 is 114 Å². The summed E-state index contributed by atoms with van der Waals surface area (Å²) in [5.41, 5.74) is -3.78. The van der Waals surface area contributed by atoms with E-state index in [4.69, 9.17) is 37.6 Å². The number of amides is 1. The van der Waals surface area contributed by atoms with Gasteiger partial charge in [0.25, 0.3) is 0 Å². The zero-order valence-corrected chi connectivity index (χ0v) is 42.6. The molecule has 5 rings (SSSR count). The Morgan fingerprint density at radius 3 is 2.22 bits per heavy atom. The van der Waals surface area contributed by atoms with E-state index in [1.807, 2.05) is 50.2 Å². The quantitative estimate of drug-likeness (QED) is 0.179. The third-order valence-electron chi connectivity index (χ3n) is 14.6. The summed E-state index contributed by atoms with van der Waals surface area (Å²) >= 11 is 0. The fourth-order valence-electron chi connectivity index (χ4n) is 10.4. The van der Waals surface area contributed by atoms with Crippen molar-refractivity contribution in [1.82, 2.24) is 10.2 Å². The van der Waals surface area contributed by atoms with Gasteiger partial charge in [0.05, 0.1) is 66.4 Å². The lowest BCUT2D eigenvalue weighted by molar-refractivity contribution is -0.318. The molecule has 1 aromatic carbocycles. The van der Waals surface area contributed by atoms with Crippen LogP contribution in [0.1, 0.15) is 100 Å². The molecule has 0 unspecified atom stereocenters. The monoisotopic (exact) mass is 975 g/mol. The van der Waals surface area contributed by atoms with Crippen LogP contribution in [-0.4, -0.2) is 161 Å². The van der Waals surface area contributed by atoms with Crippen molar-refractivity contribution in [3.63, 3.8) is 0 Å². The Bertz CT molecular complexity index is 2030. The van der Waals surface area contributed by atoms with E-state index in [-0.39, 0.29) is 50.3 Å². The zero-order chi connectivity index (χ0) is 51.3. The molecule has 0 spiro atoms. The van der Waals surface area contributed by atoms with Crippen LogP contribution in [0.3, 0.4) is 0 Å². The Labute approximate surface area is 406 Å². The van der Waals surface area contributed by atoms with Gasteiger partial charge in [0, 0.05) is 56.7 Å². The van der Waals surface area contributed by atoms with Crippen molar-refractivity contribution >= 4 is 23.6 Å². The predicted octanol–water partition coefficient (Wildman–Crippen LogP) is 3.96. The number of aliphatic hydroxyl groups is 4. The Balaban J connectivity index is 1.53. The largest absolute Gasteiger partial charge is 0.464 e. The maximum atomic E-state index is 14.8. The van der Waals surface area contributed by atoms with Gasteiger partial charge >= 0.3 is 11.9 Å². The lowest BCUT2D eigenvalue weighted by atomic mass is 9.74. The van der Waals surface area contributed by atoms with Crippen LogP contribution in [0, 0.1) is 23.7 Å². The number of nitrogens with zero attached hydrogens (tertiary/aromatic N) is 1. The van der Waals surface area contributed by atoms with E-state index in [1.165, 1.54) is 34.8 Å². The molecule has 1 aromatic heterocycles. The highest BCUT2D eigenvalue weighted by atomic mass is 16.7. The van der Waals surface area contributed by atoms with E-state index in [2.05, 4.69) is 5.32 Å². The standard InChI is InChI=1S/C51H78N2O16/c1-27-25-49(8,60)46(69-48-43(66-33(7)54)36(53(11)12)22-28(2)64-48)30(4)42(68-40-26-50(9,62-13)45(58)32(6)65-40)31(5)47(59)67-38(51(10,61)44(57)29(3)41(27)56)19-20-52-39(55)24-34-16-14-17-35(23-34)37-18-15-21-63-37/h14-18,21,23,27-32,36,38,40,42-46,48,57-58,60-61H,19-20,22,24-26H2,1-13H3,(H,52,55)/t27-,28-,29+,30+,31-,32+,36+,38-,40+,42+,43-,44-,45+,46-,48+,49-,50-,51-/m1/s1. The molecule has 18 nitrogen and oxygen atoms in total. The van der Waals surface area contributed by atoms with Crippen LogP contribution in [0.25, 0.3) is 11.3 Å². The van der Waals surface area contributed by atoms with Crippen LogP contribution in [0.2, 0.25) is 0 Å². The van der Waals surface area contributed by atoms with Gasteiger partial charge in [-0.05, 0) is 92.2 Å². The molecule has 2 aromatic rings.